The van der Waals surface area contributed by atoms with E-state index in [1.165, 1.54) is 0 Å². The molecule has 0 radical (unpaired) electrons. The van der Waals surface area contributed by atoms with Crippen molar-refractivity contribution in [1.29, 1.82) is 0 Å². The second-order valence-electron chi connectivity index (χ2n) is 5.47. The molecule has 2 aromatic rings. The van der Waals surface area contributed by atoms with Gasteiger partial charge in [-0.05, 0) is 36.8 Å². The van der Waals surface area contributed by atoms with Gasteiger partial charge >= 0.3 is 0 Å². The van der Waals surface area contributed by atoms with Crippen LogP contribution >= 0.6 is 15.9 Å². The molecule has 1 unspecified atom stereocenters. The Balaban J connectivity index is 1.80. The average Bonchev–Trinajstić information content (AvgIpc) is 2.55. The molecule has 2 aromatic carbocycles. The normalized spacial score (nSPS) is 11.7. The van der Waals surface area contributed by atoms with Gasteiger partial charge in [0.15, 0.2) is 0 Å². The third kappa shape index (κ3) is 5.63. The van der Waals surface area contributed by atoms with Gasteiger partial charge in [-0.2, -0.15) is 0 Å². The fraction of sp³-hybridized carbons (Fsp3) is 0.222. The summed E-state index contributed by atoms with van der Waals surface area (Å²) in [4.78, 5) is 23.8. The Hall–Kier alpha value is -2.28. The summed E-state index contributed by atoms with van der Waals surface area (Å²) in [5, 5.41) is 5.26. The fourth-order valence-electron chi connectivity index (χ4n) is 2.21. The maximum Gasteiger partial charge on any atom is 0.254 e. The summed E-state index contributed by atoms with van der Waals surface area (Å²) in [6.45, 7) is 1.90. The van der Waals surface area contributed by atoms with E-state index >= 15 is 0 Å². The van der Waals surface area contributed by atoms with Crippen LogP contribution in [0, 0.1) is 11.6 Å². The van der Waals surface area contributed by atoms with Gasteiger partial charge in [0.05, 0.1) is 11.6 Å². The maximum atomic E-state index is 13.5. The molecule has 2 amide bonds. The molecule has 25 heavy (non-hydrogen) atoms. The standard InChI is InChI=1S/C18H17BrF2N2O2/c1-11(12-2-4-13(19)5-3-12)23-17(24)8-9-22-18(25)15-7-6-14(20)10-16(15)21/h2-7,10-11H,8-9H2,1H3,(H,22,25)(H,23,24). The molecule has 0 aromatic heterocycles. The first-order valence-electron chi connectivity index (χ1n) is 7.65. The number of carbonyl (C=O) groups is 2. The molecule has 0 heterocycles. The van der Waals surface area contributed by atoms with E-state index in [1.807, 2.05) is 31.2 Å². The van der Waals surface area contributed by atoms with Crippen LogP contribution in [-0.4, -0.2) is 18.4 Å². The van der Waals surface area contributed by atoms with Crippen LogP contribution in [0.15, 0.2) is 46.9 Å². The second kappa shape index (κ2) is 8.71. The summed E-state index contributed by atoms with van der Waals surface area (Å²) in [5.41, 5.74) is 0.694. The number of amides is 2. The van der Waals surface area contributed by atoms with Crippen molar-refractivity contribution < 1.29 is 18.4 Å². The largest absolute Gasteiger partial charge is 0.351 e. The monoisotopic (exact) mass is 410 g/mol. The lowest BCUT2D eigenvalue weighted by molar-refractivity contribution is -0.121. The predicted octanol–water partition coefficient (Wildman–Crippen LogP) is 3.72. The zero-order valence-electron chi connectivity index (χ0n) is 13.5. The molecule has 0 fully saturated rings. The van der Waals surface area contributed by atoms with Crippen LogP contribution in [-0.2, 0) is 4.79 Å². The van der Waals surface area contributed by atoms with Gasteiger partial charge in [-0.3, -0.25) is 9.59 Å². The summed E-state index contributed by atoms with van der Waals surface area (Å²) in [6, 6.07) is 10.1. The minimum absolute atomic E-state index is 0.0501. The van der Waals surface area contributed by atoms with Crippen molar-refractivity contribution >= 4 is 27.7 Å². The lowest BCUT2D eigenvalue weighted by Gasteiger charge is -2.14. The molecule has 7 heteroatoms. The smallest absolute Gasteiger partial charge is 0.254 e. The van der Waals surface area contributed by atoms with Gasteiger partial charge in [-0.15, -0.1) is 0 Å². The Morgan fingerprint density at radius 3 is 2.44 bits per heavy atom. The number of rotatable bonds is 6. The summed E-state index contributed by atoms with van der Waals surface area (Å²) < 4.78 is 27.3. The minimum atomic E-state index is -0.939. The second-order valence-corrected chi connectivity index (χ2v) is 6.39. The van der Waals surface area contributed by atoms with Crippen LogP contribution in [0.25, 0.3) is 0 Å². The molecule has 0 aliphatic carbocycles. The van der Waals surface area contributed by atoms with Gasteiger partial charge in [0.25, 0.3) is 5.91 Å². The average molecular weight is 411 g/mol. The van der Waals surface area contributed by atoms with E-state index in [1.54, 1.807) is 0 Å². The van der Waals surface area contributed by atoms with E-state index in [-0.39, 0.29) is 30.5 Å². The molecule has 4 nitrogen and oxygen atoms in total. The first kappa shape index (κ1) is 19.1. The van der Waals surface area contributed by atoms with Crippen LogP contribution < -0.4 is 10.6 Å². The summed E-state index contributed by atoms with van der Waals surface area (Å²) in [5.74, 6) is -2.62. The first-order valence-corrected chi connectivity index (χ1v) is 8.44. The van der Waals surface area contributed by atoms with Crippen molar-refractivity contribution in [3.63, 3.8) is 0 Å². The number of hydrogen-bond donors (Lipinski definition) is 2. The molecule has 0 spiro atoms. The van der Waals surface area contributed by atoms with Gasteiger partial charge in [0, 0.05) is 23.5 Å². The summed E-state index contributed by atoms with van der Waals surface area (Å²) >= 11 is 3.35. The van der Waals surface area contributed by atoms with E-state index in [2.05, 4.69) is 26.6 Å². The fourth-order valence-corrected chi connectivity index (χ4v) is 2.47. The van der Waals surface area contributed by atoms with Gasteiger partial charge in [-0.25, -0.2) is 8.78 Å². The predicted molar refractivity (Wildman–Crippen MR) is 94.0 cm³/mol. The lowest BCUT2D eigenvalue weighted by Crippen LogP contribution is -2.32. The highest BCUT2D eigenvalue weighted by molar-refractivity contribution is 9.10. The Kier molecular flexibility index (Phi) is 6.64. The molecule has 1 atom stereocenters. The van der Waals surface area contributed by atoms with Crippen molar-refractivity contribution in [3.05, 3.63) is 69.7 Å². The molecule has 0 saturated carbocycles. The number of hydrogen-bond acceptors (Lipinski definition) is 2. The minimum Gasteiger partial charge on any atom is -0.351 e. The lowest BCUT2D eigenvalue weighted by atomic mass is 10.1. The summed E-state index contributed by atoms with van der Waals surface area (Å²) in [6.07, 6.45) is 0.0510. The maximum absolute atomic E-state index is 13.5. The van der Waals surface area contributed by atoms with Crippen molar-refractivity contribution in [2.45, 2.75) is 19.4 Å². The Morgan fingerprint density at radius 1 is 1.12 bits per heavy atom. The highest BCUT2D eigenvalue weighted by Gasteiger charge is 2.13. The third-order valence-electron chi connectivity index (χ3n) is 3.56. The van der Waals surface area contributed by atoms with Crippen molar-refractivity contribution in [2.24, 2.45) is 0 Å². The van der Waals surface area contributed by atoms with Crippen molar-refractivity contribution in [2.75, 3.05) is 6.54 Å². The van der Waals surface area contributed by atoms with Gasteiger partial charge in [0.1, 0.15) is 11.6 Å². The quantitative estimate of drug-likeness (QED) is 0.762. The van der Waals surface area contributed by atoms with E-state index in [4.69, 9.17) is 0 Å². The molecule has 0 aliphatic rings. The Bertz CT molecular complexity index is 766. The first-order chi connectivity index (χ1) is 11.9. The number of halogens is 3. The van der Waals surface area contributed by atoms with E-state index in [0.29, 0.717) is 6.07 Å². The van der Waals surface area contributed by atoms with E-state index in [0.717, 1.165) is 22.2 Å². The zero-order valence-corrected chi connectivity index (χ0v) is 15.1. The molecular formula is C18H17BrF2N2O2. The Morgan fingerprint density at radius 2 is 1.80 bits per heavy atom. The molecule has 132 valence electrons. The molecule has 0 aliphatic heterocycles. The van der Waals surface area contributed by atoms with Crippen LogP contribution in [0.3, 0.4) is 0 Å². The topological polar surface area (TPSA) is 58.2 Å². The molecule has 0 bridgehead atoms. The van der Waals surface area contributed by atoms with Gasteiger partial charge in [-0.1, -0.05) is 28.1 Å². The highest BCUT2D eigenvalue weighted by atomic mass is 79.9. The molecule has 2 rings (SSSR count). The number of benzene rings is 2. The number of carbonyl (C=O) groups excluding carboxylic acids is 2. The van der Waals surface area contributed by atoms with Crippen molar-refractivity contribution in [3.8, 4) is 0 Å². The zero-order chi connectivity index (χ0) is 18.4. The molecule has 2 N–H and O–H groups in total. The van der Waals surface area contributed by atoms with E-state index < -0.39 is 17.5 Å². The summed E-state index contributed by atoms with van der Waals surface area (Å²) in [7, 11) is 0. The van der Waals surface area contributed by atoms with E-state index in [9.17, 15) is 18.4 Å². The molecular weight excluding hydrogens is 394 g/mol. The van der Waals surface area contributed by atoms with Gasteiger partial charge in [0.2, 0.25) is 5.91 Å². The van der Waals surface area contributed by atoms with Crippen LogP contribution in [0.2, 0.25) is 0 Å². The SMILES string of the molecule is CC(NC(=O)CCNC(=O)c1ccc(F)cc1F)c1ccc(Br)cc1. The molecule has 0 saturated heterocycles. The van der Waals surface area contributed by atoms with Crippen LogP contribution in [0.1, 0.15) is 35.3 Å². The number of nitrogens with one attached hydrogen (secondary N) is 2. The third-order valence-corrected chi connectivity index (χ3v) is 4.09. The van der Waals surface area contributed by atoms with Crippen LogP contribution in [0.4, 0.5) is 8.78 Å². The highest BCUT2D eigenvalue weighted by Crippen LogP contribution is 2.16. The Labute approximate surface area is 152 Å². The van der Waals surface area contributed by atoms with Crippen molar-refractivity contribution in [1.82, 2.24) is 10.6 Å². The van der Waals surface area contributed by atoms with Gasteiger partial charge < -0.3 is 10.6 Å². The van der Waals surface area contributed by atoms with Crippen LogP contribution in [0.5, 0.6) is 0 Å².